The Bertz CT molecular complexity index is 5600. The second-order valence-corrected chi connectivity index (χ2v) is 27.1. The van der Waals surface area contributed by atoms with Crippen LogP contribution < -0.4 is 26.2 Å². The molecule has 5 heteroatoms. The van der Waals surface area contributed by atoms with Crippen molar-refractivity contribution in [3.05, 3.63) is 344 Å². The van der Waals surface area contributed by atoms with Crippen LogP contribution in [-0.4, -0.2) is 6.71 Å². The van der Waals surface area contributed by atoms with E-state index in [4.69, 9.17) is 0 Å². The molecular formula is C87H53BN2S2. The second-order valence-electron chi connectivity index (χ2n) is 24.9. The Morgan fingerprint density at radius 2 is 0.685 bits per heavy atom. The van der Waals surface area contributed by atoms with Crippen LogP contribution in [-0.2, 0) is 5.41 Å². The first-order valence-electron chi connectivity index (χ1n) is 31.8. The predicted octanol–water partition coefficient (Wildman–Crippen LogP) is 22.2. The fourth-order valence-electron chi connectivity index (χ4n) is 16.4. The summed E-state index contributed by atoms with van der Waals surface area (Å²) in [6.45, 7) is -0.167. The van der Waals surface area contributed by atoms with Crippen LogP contribution >= 0.6 is 22.7 Å². The summed E-state index contributed by atoms with van der Waals surface area (Å²) in [6.07, 6.45) is 0. The molecule has 0 amide bonds. The highest BCUT2D eigenvalue weighted by molar-refractivity contribution is 7.26. The third-order valence-corrected chi connectivity index (χ3v) is 22.5. The predicted molar refractivity (Wildman–Crippen MR) is 395 cm³/mol. The highest BCUT2D eigenvalue weighted by atomic mass is 32.1. The first-order valence-corrected chi connectivity index (χ1v) is 33.5. The molecular weight excluding hydrogens is 1150 g/mol. The lowest BCUT2D eigenvalue weighted by Gasteiger charge is -2.45. The number of hydrogen-bond acceptors (Lipinski definition) is 4. The smallest absolute Gasteiger partial charge is 0.252 e. The molecule has 0 unspecified atom stereocenters. The van der Waals surface area contributed by atoms with Gasteiger partial charge in [0.1, 0.15) is 0 Å². The second kappa shape index (κ2) is 20.0. The maximum absolute atomic E-state index is 2.72. The number of rotatable bonds is 7. The van der Waals surface area contributed by atoms with E-state index in [0.717, 1.165) is 33.9 Å². The van der Waals surface area contributed by atoms with Gasteiger partial charge in [-0.15, -0.1) is 22.7 Å². The van der Waals surface area contributed by atoms with Gasteiger partial charge >= 0.3 is 0 Å². The van der Waals surface area contributed by atoms with Crippen molar-refractivity contribution >= 4 is 142 Å². The van der Waals surface area contributed by atoms with Gasteiger partial charge in [-0.1, -0.05) is 267 Å². The molecule has 426 valence electrons. The Balaban J connectivity index is 0.979. The maximum atomic E-state index is 2.72. The van der Waals surface area contributed by atoms with Gasteiger partial charge < -0.3 is 9.80 Å². The summed E-state index contributed by atoms with van der Waals surface area (Å²) >= 11 is 3.82. The van der Waals surface area contributed by atoms with E-state index >= 15 is 0 Å². The number of anilines is 6. The number of benzene rings is 15. The van der Waals surface area contributed by atoms with Crippen molar-refractivity contribution in [1.29, 1.82) is 0 Å². The molecule has 20 rings (SSSR count). The molecule has 0 atom stereocenters. The van der Waals surface area contributed by atoms with Gasteiger partial charge in [0.25, 0.3) is 6.71 Å². The SMILES string of the molecule is c1ccc(-c2ccc3ccccc3c2N2c3cc4c(cc3B3c5cc6sc7ccccc7c6cc5N(c5c(-c6ccccc6)ccc6ccccc56)c5cc(-c6ccc7c(c6)C(c6ccccc6)(c6ccccc6)c6ccccc6-7)cc2c53)sc2ccccc24)cc1. The van der Waals surface area contributed by atoms with Crippen LogP contribution in [0.5, 0.6) is 0 Å². The van der Waals surface area contributed by atoms with Crippen LogP contribution in [0.3, 0.4) is 0 Å². The lowest BCUT2D eigenvalue weighted by Crippen LogP contribution is -2.61. The van der Waals surface area contributed by atoms with E-state index in [2.05, 4.69) is 331 Å². The Kier molecular flexibility index (Phi) is 11.2. The fraction of sp³-hybridized carbons (Fsp3) is 0.0115. The zero-order chi connectivity index (χ0) is 60.2. The maximum Gasteiger partial charge on any atom is 0.252 e. The van der Waals surface area contributed by atoms with Crippen molar-refractivity contribution in [1.82, 2.24) is 0 Å². The summed E-state index contributed by atoms with van der Waals surface area (Å²) in [4.78, 5) is 5.43. The van der Waals surface area contributed by atoms with Crippen molar-refractivity contribution < 1.29 is 0 Å². The average Bonchev–Trinajstić information content (AvgIpc) is 1.03. The fourth-order valence-corrected chi connectivity index (χ4v) is 18.7. The van der Waals surface area contributed by atoms with E-state index in [-0.39, 0.29) is 6.71 Å². The van der Waals surface area contributed by atoms with Gasteiger partial charge in [-0.2, -0.15) is 0 Å². The van der Waals surface area contributed by atoms with Crippen LogP contribution in [0.2, 0.25) is 0 Å². The quantitative estimate of drug-likeness (QED) is 0.147. The summed E-state index contributed by atoms with van der Waals surface area (Å²) < 4.78 is 5.16. The van der Waals surface area contributed by atoms with E-state index in [1.165, 1.54) is 145 Å². The van der Waals surface area contributed by atoms with E-state index in [0.29, 0.717) is 0 Å². The summed E-state index contributed by atoms with van der Waals surface area (Å²) in [5.41, 5.74) is 24.9. The van der Waals surface area contributed by atoms with Gasteiger partial charge in [-0.3, -0.25) is 0 Å². The molecule has 15 aromatic carbocycles. The zero-order valence-electron chi connectivity index (χ0n) is 49.9. The van der Waals surface area contributed by atoms with Gasteiger partial charge in [0, 0.05) is 85.0 Å². The molecule has 1 aliphatic carbocycles. The Morgan fingerprint density at radius 3 is 1.21 bits per heavy atom. The van der Waals surface area contributed by atoms with Crippen LogP contribution in [0, 0.1) is 0 Å². The standard InChI is InChI=1S/C87H53BN2S2/c1-5-23-54(24-6-1)64-44-41-56-27-13-15-33-62(56)85(64)89-76-50-70-68-36-18-21-39-80(68)91-82(70)52-74(76)88-75-53-83-71(69-37-19-22-40-81(69)92-83)51-77(75)90(86-63-34-16-14-28-57(63)42-45-65(86)55-25-7-2-8-26-55)79-49-59(48-78(89)84(79)88)58-43-46-67-66-35-17-20-38-72(66)87(73(67)47-58,60-29-9-3-10-30-60)61-31-11-4-12-32-61/h1-53H. The number of nitrogens with zero attached hydrogens (tertiary/aromatic N) is 2. The molecule has 0 saturated carbocycles. The molecule has 0 saturated heterocycles. The lowest BCUT2D eigenvalue weighted by atomic mass is 9.33. The Hall–Kier alpha value is -11.1. The monoisotopic (exact) mass is 1200 g/mol. The first kappa shape index (κ1) is 51.8. The molecule has 2 aromatic heterocycles. The van der Waals surface area contributed by atoms with Gasteiger partial charge in [-0.25, -0.2) is 0 Å². The summed E-state index contributed by atoms with van der Waals surface area (Å²) in [5.74, 6) is 0. The summed E-state index contributed by atoms with van der Waals surface area (Å²) in [6, 6.07) is 122. The minimum absolute atomic E-state index is 0.167. The molecule has 17 aromatic rings. The molecule has 0 radical (unpaired) electrons. The van der Waals surface area contributed by atoms with Crippen LogP contribution in [0.15, 0.2) is 322 Å². The Labute approximate surface area is 541 Å². The van der Waals surface area contributed by atoms with E-state index in [1.807, 2.05) is 22.7 Å². The third-order valence-electron chi connectivity index (χ3n) is 20.3. The largest absolute Gasteiger partial charge is 0.310 e. The number of thiophene rings is 2. The van der Waals surface area contributed by atoms with Crippen LogP contribution in [0.1, 0.15) is 22.3 Å². The molecule has 0 bridgehead atoms. The highest BCUT2D eigenvalue weighted by Gasteiger charge is 2.48. The van der Waals surface area contributed by atoms with Crippen molar-refractivity contribution in [2.45, 2.75) is 5.41 Å². The highest BCUT2D eigenvalue weighted by Crippen LogP contribution is 2.59. The first-order chi connectivity index (χ1) is 45.6. The summed E-state index contributed by atoms with van der Waals surface area (Å²) in [5, 5.41) is 9.87. The van der Waals surface area contributed by atoms with Crippen molar-refractivity contribution in [2.75, 3.05) is 9.80 Å². The minimum Gasteiger partial charge on any atom is -0.310 e. The van der Waals surface area contributed by atoms with Crippen molar-refractivity contribution in [3.63, 3.8) is 0 Å². The topological polar surface area (TPSA) is 6.48 Å². The molecule has 0 fully saturated rings. The third kappa shape index (κ3) is 7.37. The van der Waals surface area contributed by atoms with E-state index in [1.54, 1.807) is 0 Å². The van der Waals surface area contributed by atoms with Crippen molar-refractivity contribution in [3.8, 4) is 44.5 Å². The normalized spacial score (nSPS) is 13.5. The van der Waals surface area contributed by atoms with Gasteiger partial charge in [0.2, 0.25) is 0 Å². The van der Waals surface area contributed by atoms with E-state index in [9.17, 15) is 0 Å². The molecule has 4 heterocycles. The van der Waals surface area contributed by atoms with Gasteiger partial charge in [0.05, 0.1) is 16.8 Å². The molecule has 3 aliphatic rings. The minimum atomic E-state index is -0.599. The Morgan fingerprint density at radius 1 is 0.261 bits per heavy atom. The van der Waals surface area contributed by atoms with E-state index < -0.39 is 5.41 Å². The number of hydrogen-bond donors (Lipinski definition) is 0. The molecule has 2 nitrogen and oxygen atoms in total. The lowest BCUT2D eigenvalue weighted by molar-refractivity contribution is 0.769. The number of fused-ring (bicyclic) bond motifs is 15. The van der Waals surface area contributed by atoms with Crippen molar-refractivity contribution in [2.24, 2.45) is 0 Å². The average molecular weight is 1200 g/mol. The van der Waals surface area contributed by atoms with Gasteiger partial charge in [0.15, 0.2) is 0 Å². The molecule has 0 spiro atoms. The van der Waals surface area contributed by atoms with Crippen LogP contribution in [0.4, 0.5) is 34.1 Å². The van der Waals surface area contributed by atoms with Crippen LogP contribution in [0.25, 0.3) is 106 Å². The molecule has 2 aliphatic heterocycles. The zero-order valence-corrected chi connectivity index (χ0v) is 51.5. The molecule has 92 heavy (non-hydrogen) atoms. The summed E-state index contributed by atoms with van der Waals surface area (Å²) in [7, 11) is 0. The molecule has 0 N–H and O–H groups in total. The van der Waals surface area contributed by atoms with Gasteiger partial charge in [-0.05, 0) is 137 Å².